The number of sulfonamides is 1. The molecule has 36 heavy (non-hydrogen) atoms. The molecule has 0 saturated carbocycles. The third-order valence-corrected chi connectivity index (χ3v) is 8.62. The first kappa shape index (κ1) is 27.7. The summed E-state index contributed by atoms with van der Waals surface area (Å²) in [6.45, 7) is 7.82. The quantitative estimate of drug-likeness (QED) is 0.195. The zero-order valence-corrected chi connectivity index (χ0v) is 22.2. The van der Waals surface area contributed by atoms with E-state index in [0.717, 1.165) is 12.8 Å². The Morgan fingerprint density at radius 1 is 1.17 bits per heavy atom. The minimum atomic E-state index is -3.65. The Labute approximate surface area is 214 Å². The van der Waals surface area contributed by atoms with Gasteiger partial charge in [-0.3, -0.25) is 14.9 Å². The molecular weight excluding hydrogens is 504 g/mol. The lowest BCUT2D eigenvalue weighted by atomic mass is 10.2. The number of nitrogens with zero attached hydrogens (tertiary/aromatic N) is 4. The van der Waals surface area contributed by atoms with Crippen LogP contribution in [0.5, 0.6) is 0 Å². The van der Waals surface area contributed by atoms with Crippen LogP contribution in [0, 0.1) is 10.1 Å². The van der Waals surface area contributed by atoms with Crippen LogP contribution in [0.15, 0.2) is 52.4 Å². The highest BCUT2D eigenvalue weighted by Gasteiger charge is 2.23. The Hall–Kier alpha value is -2.93. The summed E-state index contributed by atoms with van der Waals surface area (Å²) in [5.41, 5.74) is 0.908. The summed E-state index contributed by atoms with van der Waals surface area (Å²) in [4.78, 5) is 28.4. The van der Waals surface area contributed by atoms with Crippen molar-refractivity contribution in [2.45, 2.75) is 45.1 Å². The number of nitro benzene ring substituents is 1. The second-order valence-corrected chi connectivity index (χ2v) is 10.9. The molecule has 0 atom stereocenters. The molecule has 0 aliphatic rings. The summed E-state index contributed by atoms with van der Waals surface area (Å²) in [6.07, 6.45) is 1.65. The number of carbonyl (C=O) groups excluding carboxylic acids is 1. The van der Waals surface area contributed by atoms with E-state index in [1.807, 2.05) is 13.8 Å². The van der Waals surface area contributed by atoms with Gasteiger partial charge >= 0.3 is 0 Å². The number of benzene rings is 2. The first-order chi connectivity index (χ1) is 17.2. The maximum absolute atomic E-state index is 13.0. The molecule has 1 amide bonds. The van der Waals surface area contributed by atoms with Crippen molar-refractivity contribution in [3.05, 3.63) is 62.9 Å². The van der Waals surface area contributed by atoms with Gasteiger partial charge in [0, 0.05) is 43.9 Å². The molecule has 0 spiro atoms. The summed E-state index contributed by atoms with van der Waals surface area (Å²) in [5.74, 6) is -0.538. The van der Waals surface area contributed by atoms with Gasteiger partial charge in [0.1, 0.15) is 0 Å². The molecule has 10 nitrogen and oxygen atoms in total. The van der Waals surface area contributed by atoms with Crippen LogP contribution in [0.2, 0.25) is 0 Å². The number of fused-ring (bicyclic) bond motifs is 1. The van der Waals surface area contributed by atoms with Gasteiger partial charge in [0.15, 0.2) is 4.80 Å². The van der Waals surface area contributed by atoms with E-state index in [2.05, 4.69) is 4.99 Å². The number of hydrogen-bond acceptors (Lipinski definition) is 7. The van der Waals surface area contributed by atoms with Crippen LogP contribution < -0.4 is 4.80 Å². The molecule has 0 aliphatic heterocycles. The zero-order valence-electron chi connectivity index (χ0n) is 20.5. The summed E-state index contributed by atoms with van der Waals surface area (Å²) in [6, 6.07) is 10.3. The van der Waals surface area contributed by atoms with Gasteiger partial charge < -0.3 is 9.30 Å². The van der Waals surface area contributed by atoms with Crippen molar-refractivity contribution in [2.24, 2.45) is 4.99 Å². The monoisotopic (exact) mass is 534 g/mol. The maximum Gasteiger partial charge on any atom is 0.279 e. The summed E-state index contributed by atoms with van der Waals surface area (Å²) in [5, 5.41) is 11.2. The van der Waals surface area contributed by atoms with E-state index in [1.54, 1.807) is 17.6 Å². The number of ether oxygens (including phenoxy) is 1. The van der Waals surface area contributed by atoms with Gasteiger partial charge in [-0.05, 0) is 43.7 Å². The van der Waals surface area contributed by atoms with Crippen LogP contribution in [0.4, 0.5) is 5.69 Å². The molecule has 0 N–H and O–H groups in total. The molecule has 0 aliphatic carbocycles. The highest BCUT2D eigenvalue weighted by Crippen LogP contribution is 2.23. The minimum Gasteiger partial charge on any atom is -0.380 e. The van der Waals surface area contributed by atoms with Crippen molar-refractivity contribution >= 4 is 43.2 Å². The molecule has 194 valence electrons. The van der Waals surface area contributed by atoms with Crippen LogP contribution in [0.1, 0.15) is 44.0 Å². The lowest BCUT2D eigenvalue weighted by molar-refractivity contribution is -0.384. The van der Waals surface area contributed by atoms with Gasteiger partial charge in [-0.1, -0.05) is 31.6 Å². The Kier molecular flexibility index (Phi) is 9.49. The lowest BCUT2D eigenvalue weighted by Gasteiger charge is -2.20. The molecule has 0 saturated heterocycles. The third-order valence-electron chi connectivity index (χ3n) is 5.59. The SMILES string of the molecule is CCCCN(CC)S(=O)(=O)c1ccc(C(=O)N=c2sc3cc([N+](=O)[O-])ccc3n2CCOCC)cc1. The summed E-state index contributed by atoms with van der Waals surface area (Å²) < 4.78 is 35.2. The first-order valence-electron chi connectivity index (χ1n) is 11.8. The third kappa shape index (κ3) is 6.25. The number of thiazole rings is 1. The van der Waals surface area contributed by atoms with Crippen molar-refractivity contribution in [1.29, 1.82) is 0 Å². The van der Waals surface area contributed by atoms with Crippen molar-refractivity contribution in [3.63, 3.8) is 0 Å². The molecule has 0 unspecified atom stereocenters. The van der Waals surface area contributed by atoms with E-state index < -0.39 is 20.9 Å². The van der Waals surface area contributed by atoms with Crippen LogP contribution in [0.25, 0.3) is 10.2 Å². The van der Waals surface area contributed by atoms with Crippen LogP contribution >= 0.6 is 11.3 Å². The second-order valence-electron chi connectivity index (χ2n) is 7.93. The highest BCUT2D eigenvalue weighted by molar-refractivity contribution is 7.89. The molecule has 1 aromatic heterocycles. The van der Waals surface area contributed by atoms with Gasteiger partial charge in [0.2, 0.25) is 10.0 Å². The lowest BCUT2D eigenvalue weighted by Crippen LogP contribution is -2.31. The number of amides is 1. The van der Waals surface area contributed by atoms with E-state index in [0.29, 0.717) is 47.9 Å². The number of aromatic nitrogens is 1. The standard InChI is InChI=1S/C24H30N4O6S2/c1-4-7-14-26(5-2)36(32,33)20-11-8-18(9-12-20)23(29)25-24-27(15-16-34-6-3)21-13-10-19(28(30)31)17-22(21)35-24/h8-13,17H,4-7,14-16H2,1-3H3. The van der Waals surface area contributed by atoms with Crippen LogP contribution in [-0.4, -0.2) is 54.4 Å². The van der Waals surface area contributed by atoms with Gasteiger partial charge in [-0.25, -0.2) is 8.42 Å². The van der Waals surface area contributed by atoms with Crippen molar-refractivity contribution < 1.29 is 22.9 Å². The predicted molar refractivity (Wildman–Crippen MR) is 139 cm³/mol. The van der Waals surface area contributed by atoms with E-state index in [4.69, 9.17) is 4.74 Å². The number of carbonyl (C=O) groups is 1. The topological polar surface area (TPSA) is 124 Å². The zero-order chi connectivity index (χ0) is 26.3. The van der Waals surface area contributed by atoms with E-state index in [9.17, 15) is 23.3 Å². The molecule has 0 bridgehead atoms. The smallest absolute Gasteiger partial charge is 0.279 e. The van der Waals surface area contributed by atoms with Crippen LogP contribution in [-0.2, 0) is 21.3 Å². The Balaban J connectivity index is 1.95. The summed E-state index contributed by atoms with van der Waals surface area (Å²) >= 11 is 1.17. The normalized spacial score (nSPS) is 12.5. The average molecular weight is 535 g/mol. The van der Waals surface area contributed by atoms with Gasteiger partial charge in [-0.2, -0.15) is 9.30 Å². The molecule has 12 heteroatoms. The second kappa shape index (κ2) is 12.3. The fourth-order valence-electron chi connectivity index (χ4n) is 3.63. The van der Waals surface area contributed by atoms with Gasteiger partial charge in [0.25, 0.3) is 11.6 Å². The predicted octanol–water partition coefficient (Wildman–Crippen LogP) is 4.20. The minimum absolute atomic E-state index is 0.0459. The Morgan fingerprint density at radius 2 is 1.89 bits per heavy atom. The average Bonchev–Trinajstić information content (AvgIpc) is 3.20. The fourth-order valence-corrected chi connectivity index (χ4v) is 6.20. The molecule has 3 aromatic rings. The molecular formula is C24H30N4O6S2. The molecule has 0 radical (unpaired) electrons. The number of hydrogen-bond donors (Lipinski definition) is 0. The van der Waals surface area contributed by atoms with Gasteiger partial charge in [-0.15, -0.1) is 0 Å². The highest BCUT2D eigenvalue weighted by atomic mass is 32.2. The summed E-state index contributed by atoms with van der Waals surface area (Å²) in [7, 11) is -3.65. The van der Waals surface area contributed by atoms with E-state index in [-0.39, 0.29) is 16.1 Å². The molecule has 1 heterocycles. The number of rotatable bonds is 12. The van der Waals surface area contributed by atoms with Gasteiger partial charge in [0.05, 0.1) is 26.6 Å². The maximum atomic E-state index is 13.0. The molecule has 3 rings (SSSR count). The molecule has 0 fully saturated rings. The van der Waals surface area contributed by atoms with Crippen LogP contribution in [0.3, 0.4) is 0 Å². The number of non-ortho nitro benzene ring substituents is 1. The number of nitro groups is 1. The van der Waals surface area contributed by atoms with E-state index in [1.165, 1.54) is 52.0 Å². The Morgan fingerprint density at radius 3 is 2.50 bits per heavy atom. The van der Waals surface area contributed by atoms with Crippen molar-refractivity contribution in [2.75, 3.05) is 26.3 Å². The van der Waals surface area contributed by atoms with E-state index >= 15 is 0 Å². The van der Waals surface area contributed by atoms with Crippen molar-refractivity contribution in [3.8, 4) is 0 Å². The Bertz CT molecular complexity index is 1390. The largest absolute Gasteiger partial charge is 0.380 e. The number of unbranched alkanes of at least 4 members (excludes halogenated alkanes) is 1. The molecule has 2 aromatic carbocycles. The van der Waals surface area contributed by atoms with Crippen molar-refractivity contribution in [1.82, 2.24) is 8.87 Å². The fraction of sp³-hybridized carbons (Fsp3) is 0.417. The first-order valence-corrected chi connectivity index (χ1v) is 14.0.